The van der Waals surface area contributed by atoms with Crippen LogP contribution in [0.3, 0.4) is 0 Å². The van der Waals surface area contributed by atoms with Crippen LogP contribution in [0.15, 0.2) is 77.6 Å². The lowest BCUT2D eigenvalue weighted by molar-refractivity contribution is -0.122. The van der Waals surface area contributed by atoms with Gasteiger partial charge in [-0.25, -0.2) is 4.79 Å². The molecule has 0 unspecified atom stereocenters. The molecule has 0 spiro atoms. The van der Waals surface area contributed by atoms with E-state index in [0.29, 0.717) is 22.2 Å². The summed E-state index contributed by atoms with van der Waals surface area (Å²) >= 11 is 6.16. The van der Waals surface area contributed by atoms with Crippen LogP contribution in [-0.4, -0.2) is 39.9 Å². The van der Waals surface area contributed by atoms with Gasteiger partial charge in [-0.05, 0) is 58.0 Å². The second-order valence-corrected chi connectivity index (χ2v) is 7.74. The minimum atomic E-state index is -0.575. The Morgan fingerprint density at radius 2 is 1.47 bits per heavy atom. The summed E-state index contributed by atoms with van der Waals surface area (Å²) in [7, 11) is 3.18. The summed E-state index contributed by atoms with van der Waals surface area (Å²) < 4.78 is 12.5. The molecule has 0 aliphatic heterocycles. The summed E-state index contributed by atoms with van der Waals surface area (Å²) in [6.07, 6.45) is 0. The first-order valence-corrected chi connectivity index (χ1v) is 10.7. The fraction of sp³-hybridized carbons (Fsp3) is 0.167. The van der Waals surface area contributed by atoms with Gasteiger partial charge in [-0.2, -0.15) is 9.36 Å². The maximum Gasteiger partial charge on any atom is 0.369 e. The summed E-state index contributed by atoms with van der Waals surface area (Å²) in [5, 5.41) is 11.0. The van der Waals surface area contributed by atoms with Gasteiger partial charge in [-0.15, -0.1) is 0 Å². The predicted octanol–water partition coefficient (Wildman–Crippen LogP) is 3.01. The van der Waals surface area contributed by atoms with Crippen LogP contribution in [0.2, 0.25) is 5.02 Å². The molecule has 0 aliphatic rings. The Hall–Kier alpha value is -4.11. The molecule has 9 nitrogen and oxygen atoms in total. The number of halogens is 1. The van der Waals surface area contributed by atoms with Gasteiger partial charge in [0, 0.05) is 0 Å². The predicted molar refractivity (Wildman–Crippen MR) is 127 cm³/mol. The number of hydrogen-bond acceptors (Lipinski definition) is 6. The second-order valence-electron chi connectivity index (χ2n) is 7.33. The molecule has 0 aliphatic carbocycles. The molecule has 1 N–H and O–H groups in total. The number of ether oxygens (including phenoxy) is 2. The van der Waals surface area contributed by atoms with E-state index in [0.717, 1.165) is 20.5 Å². The standard InChI is InChI=1S/C24H22ClN5O4/c1-33-18-11-7-16(8-12-18)23(17-9-13-19(34-2)14-10-17)26-22(31)15-29-24(32)30(28-27-29)21-6-4-3-5-20(21)25/h3-14,23H,15H2,1-2H3,(H,26,31). The smallest absolute Gasteiger partial charge is 0.369 e. The number of rotatable bonds is 8. The van der Waals surface area contributed by atoms with Gasteiger partial charge in [0.1, 0.15) is 18.0 Å². The third kappa shape index (κ3) is 4.94. The topological polar surface area (TPSA) is 100 Å². The zero-order valence-corrected chi connectivity index (χ0v) is 19.3. The number of para-hydroxylation sites is 1. The van der Waals surface area contributed by atoms with Crippen LogP contribution in [-0.2, 0) is 11.3 Å². The zero-order valence-electron chi connectivity index (χ0n) is 18.5. The lowest BCUT2D eigenvalue weighted by Crippen LogP contribution is -2.36. The molecule has 4 aromatic rings. The maximum atomic E-state index is 13.0. The van der Waals surface area contributed by atoms with Crippen LogP contribution in [0.4, 0.5) is 0 Å². The van der Waals surface area contributed by atoms with E-state index in [9.17, 15) is 9.59 Å². The van der Waals surface area contributed by atoms with E-state index < -0.39 is 17.6 Å². The number of carbonyl (C=O) groups is 1. The third-order valence-corrected chi connectivity index (χ3v) is 5.54. The van der Waals surface area contributed by atoms with Gasteiger partial charge in [0.2, 0.25) is 5.91 Å². The van der Waals surface area contributed by atoms with E-state index >= 15 is 0 Å². The molecule has 0 fully saturated rings. The summed E-state index contributed by atoms with van der Waals surface area (Å²) in [5.41, 5.74) is 1.49. The van der Waals surface area contributed by atoms with E-state index in [1.165, 1.54) is 0 Å². The van der Waals surface area contributed by atoms with Gasteiger partial charge in [0.15, 0.2) is 0 Å². The molecule has 1 amide bonds. The molecule has 1 heterocycles. The van der Waals surface area contributed by atoms with Gasteiger partial charge < -0.3 is 14.8 Å². The van der Waals surface area contributed by atoms with Crippen molar-refractivity contribution >= 4 is 17.5 Å². The number of aromatic nitrogens is 4. The van der Waals surface area contributed by atoms with Crippen molar-refractivity contribution in [3.8, 4) is 17.2 Å². The largest absolute Gasteiger partial charge is 0.497 e. The molecule has 0 saturated heterocycles. The summed E-state index contributed by atoms with van der Waals surface area (Å²) in [6.45, 7) is -0.313. The maximum absolute atomic E-state index is 13.0. The molecule has 4 rings (SSSR count). The fourth-order valence-electron chi connectivity index (χ4n) is 3.44. The summed E-state index contributed by atoms with van der Waals surface area (Å²) in [4.78, 5) is 25.7. The van der Waals surface area contributed by atoms with Crippen LogP contribution in [0.5, 0.6) is 11.5 Å². The molecule has 10 heteroatoms. The molecule has 0 bridgehead atoms. The Bertz CT molecular complexity index is 1290. The molecular formula is C24H22ClN5O4. The van der Waals surface area contributed by atoms with Crippen molar-refractivity contribution in [2.75, 3.05) is 14.2 Å². The van der Waals surface area contributed by atoms with Crippen molar-refractivity contribution in [2.45, 2.75) is 12.6 Å². The Balaban J connectivity index is 1.58. The third-order valence-electron chi connectivity index (χ3n) is 5.22. The number of methoxy groups -OCH3 is 2. The Kier molecular flexibility index (Phi) is 6.93. The normalized spacial score (nSPS) is 10.8. The van der Waals surface area contributed by atoms with Crippen LogP contribution >= 0.6 is 11.6 Å². The monoisotopic (exact) mass is 479 g/mol. The molecule has 34 heavy (non-hydrogen) atoms. The highest BCUT2D eigenvalue weighted by Gasteiger charge is 2.20. The Morgan fingerprint density at radius 1 is 0.912 bits per heavy atom. The SMILES string of the molecule is COc1ccc(C(NC(=O)Cn2nnn(-c3ccccc3Cl)c2=O)c2ccc(OC)cc2)cc1. The number of carbonyl (C=O) groups excluding carboxylic acids is 1. The zero-order chi connectivity index (χ0) is 24.1. The number of tetrazole rings is 1. The van der Waals surface area contributed by atoms with Crippen LogP contribution < -0.4 is 20.5 Å². The van der Waals surface area contributed by atoms with Crippen molar-refractivity contribution in [3.05, 3.63) is 99.4 Å². The van der Waals surface area contributed by atoms with Crippen molar-refractivity contribution < 1.29 is 14.3 Å². The summed E-state index contributed by atoms with van der Waals surface area (Å²) in [5.74, 6) is 0.988. The average Bonchev–Trinajstić information content (AvgIpc) is 3.22. The van der Waals surface area contributed by atoms with E-state index in [1.807, 2.05) is 48.5 Å². The molecule has 0 saturated carbocycles. The highest BCUT2D eigenvalue weighted by Crippen LogP contribution is 2.26. The number of hydrogen-bond donors (Lipinski definition) is 1. The molecule has 174 valence electrons. The highest BCUT2D eigenvalue weighted by atomic mass is 35.5. The summed E-state index contributed by atoms with van der Waals surface area (Å²) in [6, 6.07) is 21.0. The second kappa shape index (κ2) is 10.2. The van der Waals surface area contributed by atoms with Gasteiger partial charge in [0.25, 0.3) is 0 Å². The minimum absolute atomic E-state index is 0.313. The van der Waals surface area contributed by atoms with Gasteiger partial charge in [0.05, 0.1) is 31.0 Å². The number of nitrogens with one attached hydrogen (secondary N) is 1. The highest BCUT2D eigenvalue weighted by molar-refractivity contribution is 6.32. The van der Waals surface area contributed by atoms with Gasteiger partial charge in [-0.3, -0.25) is 4.79 Å². The van der Waals surface area contributed by atoms with E-state index in [4.69, 9.17) is 21.1 Å². The molecule has 3 aromatic carbocycles. The lowest BCUT2D eigenvalue weighted by atomic mass is 9.98. The first-order chi connectivity index (χ1) is 16.5. The minimum Gasteiger partial charge on any atom is -0.497 e. The first-order valence-electron chi connectivity index (χ1n) is 10.3. The van der Waals surface area contributed by atoms with Gasteiger partial charge >= 0.3 is 5.69 Å². The molecule has 0 atom stereocenters. The van der Waals surface area contributed by atoms with Crippen LogP contribution in [0.1, 0.15) is 17.2 Å². The number of benzene rings is 3. The average molecular weight is 480 g/mol. The molecular weight excluding hydrogens is 458 g/mol. The Labute approximate surface area is 200 Å². The van der Waals surface area contributed by atoms with Crippen molar-refractivity contribution in [3.63, 3.8) is 0 Å². The molecule has 0 radical (unpaired) electrons. The van der Waals surface area contributed by atoms with Crippen LogP contribution in [0, 0.1) is 0 Å². The van der Waals surface area contributed by atoms with Crippen molar-refractivity contribution in [2.24, 2.45) is 0 Å². The quantitative estimate of drug-likeness (QED) is 0.417. The van der Waals surface area contributed by atoms with Gasteiger partial charge in [-0.1, -0.05) is 48.0 Å². The van der Waals surface area contributed by atoms with Crippen molar-refractivity contribution in [1.29, 1.82) is 0 Å². The number of amides is 1. The number of nitrogens with zero attached hydrogens (tertiary/aromatic N) is 4. The van der Waals surface area contributed by atoms with E-state index in [-0.39, 0.29) is 6.54 Å². The lowest BCUT2D eigenvalue weighted by Gasteiger charge is -2.20. The first kappa shape index (κ1) is 23.1. The molecule has 1 aromatic heterocycles. The van der Waals surface area contributed by atoms with E-state index in [2.05, 4.69) is 15.7 Å². The Morgan fingerprint density at radius 3 is 2.00 bits per heavy atom. The van der Waals surface area contributed by atoms with E-state index in [1.54, 1.807) is 38.5 Å². The van der Waals surface area contributed by atoms with Crippen LogP contribution in [0.25, 0.3) is 5.69 Å². The van der Waals surface area contributed by atoms with Crippen molar-refractivity contribution in [1.82, 2.24) is 25.1 Å². The fourth-order valence-corrected chi connectivity index (χ4v) is 3.66.